The molecule has 0 aliphatic heterocycles. The van der Waals surface area contributed by atoms with Crippen molar-refractivity contribution in [3.05, 3.63) is 43.3 Å². The Labute approximate surface area is 95.4 Å². The fourth-order valence-corrected chi connectivity index (χ4v) is 1.49. The Morgan fingerprint density at radius 1 is 1.27 bits per heavy atom. The van der Waals surface area contributed by atoms with Crippen LogP contribution in [0, 0.1) is 7.43 Å². The highest BCUT2D eigenvalue weighted by atomic mass is 32.2. The van der Waals surface area contributed by atoms with Crippen molar-refractivity contribution in [1.82, 2.24) is 5.32 Å². The lowest BCUT2D eigenvalue weighted by molar-refractivity contribution is 0.260. The lowest BCUT2D eigenvalue weighted by Crippen LogP contribution is -2.29. The van der Waals surface area contributed by atoms with Crippen LogP contribution in [0.4, 0.5) is 4.79 Å². The molecular weight excluding hydrogens is 206 g/mol. The van der Waals surface area contributed by atoms with Crippen molar-refractivity contribution in [1.29, 1.82) is 0 Å². The number of nitrogens with one attached hydrogen (secondary N) is 1. The molecule has 1 N–H and O–H groups in total. The Balaban J connectivity index is 0.00000196. The molecule has 0 saturated carbocycles. The maximum Gasteiger partial charge on any atom is 0.428 e. The largest absolute Gasteiger partial charge is 0.428 e. The Kier molecular flexibility index (Phi) is 6.88. The second-order valence-corrected chi connectivity index (χ2v) is 5.27. The standard InChI is InChI=1S/C11H15NOS.CH3/c1-14(2)11(13)12-9-8-10-6-4-3-5-7-10;/h3-7H,8-9H2,1-2H3;1H3/q;-1/p+1. The molecule has 0 saturated heterocycles. The van der Waals surface area contributed by atoms with Crippen molar-refractivity contribution in [2.75, 3.05) is 19.1 Å². The Morgan fingerprint density at radius 3 is 2.40 bits per heavy atom. The van der Waals surface area contributed by atoms with Gasteiger partial charge in [-0.25, -0.2) is 4.79 Å². The molecule has 0 unspecified atom stereocenters. The highest BCUT2D eigenvalue weighted by Crippen LogP contribution is 1.98. The predicted molar refractivity (Wildman–Crippen MR) is 69.2 cm³/mol. The summed E-state index contributed by atoms with van der Waals surface area (Å²) < 4.78 is 0. The van der Waals surface area contributed by atoms with E-state index in [2.05, 4.69) is 17.4 Å². The maximum absolute atomic E-state index is 11.2. The van der Waals surface area contributed by atoms with Crippen LogP contribution in [0.15, 0.2) is 30.3 Å². The van der Waals surface area contributed by atoms with E-state index in [0.29, 0.717) is 0 Å². The van der Waals surface area contributed by atoms with Gasteiger partial charge >= 0.3 is 5.24 Å². The number of carbonyl (C=O) groups is 1. The predicted octanol–water partition coefficient (Wildman–Crippen LogP) is 2.27. The molecule has 84 valence electrons. The van der Waals surface area contributed by atoms with Gasteiger partial charge in [-0.15, -0.1) is 0 Å². The fourth-order valence-electron chi connectivity index (χ4n) is 1.10. The third-order valence-electron chi connectivity index (χ3n) is 1.90. The lowest BCUT2D eigenvalue weighted by atomic mass is 10.2. The summed E-state index contributed by atoms with van der Waals surface area (Å²) in [5.41, 5.74) is 1.26. The van der Waals surface area contributed by atoms with Crippen LogP contribution in [-0.2, 0) is 17.3 Å². The molecule has 0 atom stereocenters. The molecule has 1 rings (SSSR count). The summed E-state index contributed by atoms with van der Waals surface area (Å²) in [5.74, 6) is 0. The van der Waals surface area contributed by atoms with Gasteiger partial charge in [-0.05, 0) is 12.0 Å². The second kappa shape index (κ2) is 7.35. The fraction of sp³-hybridized carbons (Fsp3) is 0.333. The third kappa shape index (κ3) is 5.47. The van der Waals surface area contributed by atoms with Gasteiger partial charge in [-0.2, -0.15) is 0 Å². The third-order valence-corrected chi connectivity index (χ3v) is 2.78. The van der Waals surface area contributed by atoms with Crippen LogP contribution < -0.4 is 5.32 Å². The number of hydrogen-bond acceptors (Lipinski definition) is 1. The van der Waals surface area contributed by atoms with Crippen molar-refractivity contribution < 1.29 is 4.79 Å². The van der Waals surface area contributed by atoms with Gasteiger partial charge in [-0.1, -0.05) is 30.3 Å². The van der Waals surface area contributed by atoms with Crippen molar-refractivity contribution in [2.24, 2.45) is 0 Å². The monoisotopic (exact) mass is 225 g/mol. The summed E-state index contributed by atoms with van der Waals surface area (Å²) in [6, 6.07) is 10.2. The van der Waals surface area contributed by atoms with Crippen LogP contribution in [0.5, 0.6) is 0 Å². The number of amides is 1. The van der Waals surface area contributed by atoms with Crippen molar-refractivity contribution >= 4 is 16.1 Å². The average Bonchev–Trinajstić information content (AvgIpc) is 2.19. The van der Waals surface area contributed by atoms with Crippen LogP contribution >= 0.6 is 0 Å². The maximum atomic E-state index is 11.2. The number of rotatable bonds is 3. The molecule has 2 nitrogen and oxygen atoms in total. The Hall–Kier alpha value is -0.960. The van der Waals surface area contributed by atoms with E-state index in [4.69, 9.17) is 0 Å². The molecule has 0 radical (unpaired) electrons. The SMILES string of the molecule is C[S+](C)C(=O)NCCc1ccccc1.[CH3-]. The van der Waals surface area contributed by atoms with E-state index in [1.807, 2.05) is 30.7 Å². The molecular formula is C12H19NOS. The summed E-state index contributed by atoms with van der Waals surface area (Å²) >= 11 is 0. The van der Waals surface area contributed by atoms with E-state index in [0.717, 1.165) is 13.0 Å². The number of benzene rings is 1. The summed E-state index contributed by atoms with van der Waals surface area (Å²) in [6.07, 6.45) is 4.76. The first-order valence-electron chi connectivity index (χ1n) is 4.59. The van der Waals surface area contributed by atoms with E-state index < -0.39 is 0 Å². The second-order valence-electron chi connectivity index (χ2n) is 3.27. The molecule has 0 aromatic heterocycles. The smallest absolute Gasteiger partial charge is 0.358 e. The lowest BCUT2D eigenvalue weighted by Gasteiger charge is -2.01. The molecule has 1 aromatic rings. The molecule has 15 heavy (non-hydrogen) atoms. The van der Waals surface area contributed by atoms with E-state index in [1.165, 1.54) is 5.56 Å². The first kappa shape index (κ1) is 14.0. The molecule has 0 bridgehead atoms. The highest BCUT2D eigenvalue weighted by Gasteiger charge is 2.14. The van der Waals surface area contributed by atoms with Crippen LogP contribution in [0.3, 0.4) is 0 Å². The molecule has 0 fully saturated rings. The number of carbonyl (C=O) groups excluding carboxylic acids is 1. The normalized spacial score (nSPS) is 9.53. The Morgan fingerprint density at radius 2 is 1.87 bits per heavy atom. The van der Waals surface area contributed by atoms with Crippen LogP contribution in [0.25, 0.3) is 0 Å². The van der Waals surface area contributed by atoms with Crippen LogP contribution in [0.1, 0.15) is 5.56 Å². The van der Waals surface area contributed by atoms with Crippen LogP contribution in [0.2, 0.25) is 0 Å². The zero-order chi connectivity index (χ0) is 10.4. The molecule has 3 heteroatoms. The average molecular weight is 225 g/mol. The van der Waals surface area contributed by atoms with Gasteiger partial charge in [0.2, 0.25) is 0 Å². The topological polar surface area (TPSA) is 29.1 Å². The van der Waals surface area contributed by atoms with Crippen molar-refractivity contribution in [3.63, 3.8) is 0 Å². The quantitative estimate of drug-likeness (QED) is 0.620. The minimum Gasteiger partial charge on any atom is -0.358 e. The Bertz CT molecular complexity index is 285. The van der Waals surface area contributed by atoms with Gasteiger partial charge in [0.05, 0.1) is 10.9 Å². The van der Waals surface area contributed by atoms with Gasteiger partial charge in [0.1, 0.15) is 12.5 Å². The van der Waals surface area contributed by atoms with Crippen molar-refractivity contribution in [2.45, 2.75) is 6.42 Å². The first-order valence-corrected chi connectivity index (χ1v) is 6.63. The van der Waals surface area contributed by atoms with Gasteiger partial charge in [0.15, 0.2) is 0 Å². The summed E-state index contributed by atoms with van der Waals surface area (Å²) in [5, 5.41) is 3.06. The van der Waals surface area contributed by atoms with Crippen molar-refractivity contribution in [3.8, 4) is 0 Å². The molecule has 0 spiro atoms. The van der Waals surface area contributed by atoms with Gasteiger partial charge in [-0.3, -0.25) is 0 Å². The van der Waals surface area contributed by atoms with Gasteiger partial charge < -0.3 is 12.7 Å². The summed E-state index contributed by atoms with van der Waals surface area (Å²) in [7, 11) is -0.168. The van der Waals surface area contributed by atoms with E-state index in [9.17, 15) is 4.79 Å². The van der Waals surface area contributed by atoms with E-state index in [1.54, 1.807) is 0 Å². The number of hydrogen-bond donors (Lipinski definition) is 1. The minimum atomic E-state index is -0.168. The summed E-state index contributed by atoms with van der Waals surface area (Å²) in [6.45, 7) is 0.730. The van der Waals surface area contributed by atoms with E-state index >= 15 is 0 Å². The summed E-state index contributed by atoms with van der Waals surface area (Å²) in [4.78, 5) is 11.2. The zero-order valence-electron chi connectivity index (χ0n) is 9.62. The zero-order valence-corrected chi connectivity index (χ0v) is 10.4. The minimum absolute atomic E-state index is 0. The molecule has 0 aliphatic carbocycles. The highest BCUT2D eigenvalue weighted by molar-refractivity contribution is 8.09. The molecule has 0 aliphatic rings. The van der Waals surface area contributed by atoms with Gasteiger partial charge in [0.25, 0.3) is 0 Å². The molecule has 1 aromatic carbocycles. The molecule has 1 amide bonds. The van der Waals surface area contributed by atoms with E-state index in [-0.39, 0.29) is 23.6 Å². The van der Waals surface area contributed by atoms with Crippen LogP contribution in [-0.4, -0.2) is 24.3 Å². The molecule has 0 heterocycles. The van der Waals surface area contributed by atoms with Gasteiger partial charge in [0, 0.05) is 6.54 Å². The first-order chi connectivity index (χ1) is 6.70.